The fourth-order valence-corrected chi connectivity index (χ4v) is 1.45. The van der Waals surface area contributed by atoms with Gasteiger partial charge in [0.25, 0.3) is 0 Å². The Labute approximate surface area is 66.9 Å². The van der Waals surface area contributed by atoms with E-state index in [9.17, 15) is 0 Å². The molecule has 11 heavy (non-hydrogen) atoms. The monoisotopic (exact) mass is 148 g/mol. The lowest BCUT2D eigenvalue weighted by Crippen LogP contribution is -2.45. The van der Waals surface area contributed by atoms with E-state index >= 15 is 0 Å². The lowest BCUT2D eigenvalue weighted by molar-refractivity contribution is 0.447. The maximum absolute atomic E-state index is 4.07. The van der Waals surface area contributed by atoms with Crippen LogP contribution < -0.4 is 4.90 Å². The van der Waals surface area contributed by atoms with Gasteiger partial charge < -0.3 is 4.90 Å². The van der Waals surface area contributed by atoms with Crippen LogP contribution in [-0.2, 0) is 0 Å². The first-order valence-electron chi connectivity index (χ1n) is 4.01. The summed E-state index contributed by atoms with van der Waals surface area (Å²) in [5, 5.41) is 0. The van der Waals surface area contributed by atoms with E-state index in [1.165, 1.54) is 18.8 Å². The molecule has 1 aromatic rings. The van der Waals surface area contributed by atoms with Gasteiger partial charge >= 0.3 is 0 Å². The summed E-state index contributed by atoms with van der Waals surface area (Å²) < 4.78 is 0. The van der Waals surface area contributed by atoms with Gasteiger partial charge in [0.1, 0.15) is 0 Å². The van der Waals surface area contributed by atoms with Crippen molar-refractivity contribution >= 4 is 5.69 Å². The minimum atomic E-state index is 0.857. The van der Waals surface area contributed by atoms with Crippen LogP contribution >= 0.6 is 0 Å². The molecule has 0 unspecified atom stereocenters. The number of rotatable bonds is 1. The van der Waals surface area contributed by atoms with Gasteiger partial charge in [0.05, 0.1) is 11.9 Å². The van der Waals surface area contributed by atoms with Crippen molar-refractivity contribution in [1.29, 1.82) is 0 Å². The molecule has 0 atom stereocenters. The lowest BCUT2D eigenvalue weighted by atomic mass is 10.0. The fraction of sp³-hybridized carbons (Fsp3) is 0.444. The van der Waals surface area contributed by atoms with Crippen LogP contribution in [0.1, 0.15) is 6.92 Å². The Balaban J connectivity index is 2.08. The van der Waals surface area contributed by atoms with E-state index in [4.69, 9.17) is 0 Å². The number of anilines is 1. The molecule has 0 saturated carbocycles. The zero-order valence-electron chi connectivity index (χ0n) is 6.70. The van der Waals surface area contributed by atoms with Gasteiger partial charge in [-0.05, 0) is 18.1 Å². The van der Waals surface area contributed by atoms with Gasteiger partial charge in [-0.15, -0.1) is 0 Å². The largest absolute Gasteiger partial charge is 0.370 e. The van der Waals surface area contributed by atoms with Crippen molar-refractivity contribution in [2.75, 3.05) is 18.0 Å². The molecule has 0 spiro atoms. The summed E-state index contributed by atoms with van der Waals surface area (Å²) in [7, 11) is 0. The first kappa shape index (κ1) is 6.65. The first-order valence-corrected chi connectivity index (χ1v) is 4.01. The standard InChI is InChI=1S/C9H12N2/c1-8-6-11(7-8)9-3-2-4-10-5-9/h2-5,8H,6-7H2,1H3. The van der Waals surface area contributed by atoms with Crippen LogP contribution in [0, 0.1) is 5.92 Å². The molecule has 1 saturated heterocycles. The Morgan fingerprint density at radius 2 is 2.36 bits per heavy atom. The summed E-state index contributed by atoms with van der Waals surface area (Å²) in [5.41, 5.74) is 1.26. The Morgan fingerprint density at radius 3 is 2.91 bits per heavy atom. The van der Waals surface area contributed by atoms with Crippen LogP contribution in [0.2, 0.25) is 0 Å². The maximum Gasteiger partial charge on any atom is 0.0552 e. The van der Waals surface area contributed by atoms with E-state index < -0.39 is 0 Å². The molecular weight excluding hydrogens is 136 g/mol. The van der Waals surface area contributed by atoms with Gasteiger partial charge in [0, 0.05) is 19.3 Å². The number of hydrogen-bond donors (Lipinski definition) is 0. The number of aromatic nitrogens is 1. The minimum Gasteiger partial charge on any atom is -0.370 e. The summed E-state index contributed by atoms with van der Waals surface area (Å²) in [5.74, 6) is 0.857. The molecule has 1 aliphatic heterocycles. The molecule has 0 amide bonds. The Kier molecular flexibility index (Phi) is 1.53. The molecule has 1 aliphatic rings. The van der Waals surface area contributed by atoms with Crippen molar-refractivity contribution in [3.63, 3.8) is 0 Å². The van der Waals surface area contributed by atoms with E-state index in [2.05, 4.69) is 22.9 Å². The highest BCUT2D eigenvalue weighted by atomic mass is 15.2. The van der Waals surface area contributed by atoms with Crippen LogP contribution in [0.25, 0.3) is 0 Å². The third-order valence-corrected chi connectivity index (χ3v) is 2.08. The second kappa shape index (κ2) is 2.53. The third kappa shape index (κ3) is 1.20. The van der Waals surface area contributed by atoms with Gasteiger partial charge in [-0.2, -0.15) is 0 Å². The van der Waals surface area contributed by atoms with Gasteiger partial charge in [0.15, 0.2) is 0 Å². The van der Waals surface area contributed by atoms with Gasteiger partial charge in [-0.3, -0.25) is 4.98 Å². The van der Waals surface area contributed by atoms with Crippen LogP contribution in [0.4, 0.5) is 5.69 Å². The SMILES string of the molecule is CC1CN(c2cccnc2)C1. The quantitative estimate of drug-likeness (QED) is 0.600. The topological polar surface area (TPSA) is 16.1 Å². The van der Waals surface area contributed by atoms with E-state index in [1.54, 1.807) is 0 Å². The first-order chi connectivity index (χ1) is 5.36. The summed E-state index contributed by atoms with van der Waals surface area (Å²) in [6, 6.07) is 4.09. The summed E-state index contributed by atoms with van der Waals surface area (Å²) in [6.07, 6.45) is 3.73. The average molecular weight is 148 g/mol. The van der Waals surface area contributed by atoms with Crippen LogP contribution in [-0.4, -0.2) is 18.1 Å². The Morgan fingerprint density at radius 1 is 1.55 bits per heavy atom. The fourth-order valence-electron chi connectivity index (χ4n) is 1.45. The second-order valence-corrected chi connectivity index (χ2v) is 3.22. The molecule has 2 heterocycles. The normalized spacial score (nSPS) is 18.1. The molecule has 0 N–H and O–H groups in total. The van der Waals surface area contributed by atoms with Crippen molar-refractivity contribution < 1.29 is 0 Å². The molecular formula is C9H12N2. The zero-order valence-corrected chi connectivity index (χ0v) is 6.70. The van der Waals surface area contributed by atoms with Crippen molar-refractivity contribution in [3.8, 4) is 0 Å². The summed E-state index contributed by atoms with van der Waals surface area (Å²) in [4.78, 5) is 6.42. The Hall–Kier alpha value is -1.05. The van der Waals surface area contributed by atoms with E-state index in [0.717, 1.165) is 5.92 Å². The van der Waals surface area contributed by atoms with Crippen molar-refractivity contribution in [3.05, 3.63) is 24.5 Å². The van der Waals surface area contributed by atoms with Crippen LogP contribution in [0.5, 0.6) is 0 Å². The Bertz CT molecular complexity index is 227. The number of nitrogens with zero attached hydrogens (tertiary/aromatic N) is 2. The van der Waals surface area contributed by atoms with E-state index in [1.807, 2.05) is 18.5 Å². The molecule has 0 radical (unpaired) electrons. The molecule has 1 fully saturated rings. The molecule has 2 rings (SSSR count). The third-order valence-electron chi connectivity index (χ3n) is 2.08. The minimum absolute atomic E-state index is 0.857. The van der Waals surface area contributed by atoms with Crippen molar-refractivity contribution in [1.82, 2.24) is 4.98 Å². The molecule has 58 valence electrons. The highest BCUT2D eigenvalue weighted by Crippen LogP contribution is 2.22. The molecule has 0 aromatic carbocycles. The van der Waals surface area contributed by atoms with Gasteiger partial charge in [0.2, 0.25) is 0 Å². The highest BCUT2D eigenvalue weighted by molar-refractivity contribution is 5.46. The highest BCUT2D eigenvalue weighted by Gasteiger charge is 2.22. The van der Waals surface area contributed by atoms with Crippen LogP contribution in [0.3, 0.4) is 0 Å². The summed E-state index contributed by atoms with van der Waals surface area (Å²) in [6.45, 7) is 4.64. The predicted molar refractivity (Wildman–Crippen MR) is 45.6 cm³/mol. The van der Waals surface area contributed by atoms with E-state index in [-0.39, 0.29) is 0 Å². The lowest BCUT2D eigenvalue weighted by Gasteiger charge is -2.38. The number of pyridine rings is 1. The zero-order chi connectivity index (χ0) is 7.68. The summed E-state index contributed by atoms with van der Waals surface area (Å²) >= 11 is 0. The van der Waals surface area contributed by atoms with Crippen LogP contribution in [0.15, 0.2) is 24.5 Å². The smallest absolute Gasteiger partial charge is 0.0552 e. The molecule has 2 nitrogen and oxygen atoms in total. The average Bonchev–Trinajstić information content (AvgIpc) is 2.01. The maximum atomic E-state index is 4.07. The predicted octanol–water partition coefficient (Wildman–Crippen LogP) is 1.54. The van der Waals surface area contributed by atoms with Gasteiger partial charge in [-0.1, -0.05) is 6.92 Å². The van der Waals surface area contributed by atoms with Crippen molar-refractivity contribution in [2.24, 2.45) is 5.92 Å². The van der Waals surface area contributed by atoms with E-state index in [0.29, 0.717) is 0 Å². The molecule has 0 aliphatic carbocycles. The molecule has 1 aromatic heterocycles. The number of hydrogen-bond acceptors (Lipinski definition) is 2. The second-order valence-electron chi connectivity index (χ2n) is 3.22. The molecule has 2 heteroatoms. The molecule has 0 bridgehead atoms. The van der Waals surface area contributed by atoms with Gasteiger partial charge in [-0.25, -0.2) is 0 Å². The van der Waals surface area contributed by atoms with Crippen molar-refractivity contribution in [2.45, 2.75) is 6.92 Å².